The lowest BCUT2D eigenvalue weighted by Crippen LogP contribution is -2.25. The van der Waals surface area contributed by atoms with E-state index in [1.807, 2.05) is 6.92 Å². The molecule has 0 saturated heterocycles. The number of carbonyl (C=O) groups is 1. The van der Waals surface area contributed by atoms with Gasteiger partial charge in [-0.1, -0.05) is 81.1 Å². The topological polar surface area (TPSA) is 38.7 Å². The number of carbonyl (C=O) groups excluding carboxylic acids is 1. The number of hydrogen-bond donors (Lipinski definition) is 0. The van der Waals surface area contributed by atoms with Crippen LogP contribution in [0.15, 0.2) is 47.6 Å². The molecule has 0 heterocycles. The maximum atomic E-state index is 11.1. The molecule has 0 fully saturated rings. The molecular formula is C25H31NO2. The maximum absolute atomic E-state index is 11.1. The summed E-state index contributed by atoms with van der Waals surface area (Å²) in [5.74, 6) is -0.395. The van der Waals surface area contributed by atoms with Crippen LogP contribution in [0, 0.1) is 0 Å². The molecule has 0 aromatic heterocycles. The third-order valence-electron chi connectivity index (χ3n) is 5.91. The second kappa shape index (κ2) is 8.72. The van der Waals surface area contributed by atoms with Gasteiger partial charge < -0.3 is 4.84 Å². The number of nitrogens with zero attached hydrogens (tertiary/aromatic N) is 1. The average Bonchev–Trinajstić information content (AvgIpc) is 2.98. The van der Waals surface area contributed by atoms with Crippen LogP contribution in [0.2, 0.25) is 0 Å². The lowest BCUT2D eigenvalue weighted by Gasteiger charge is -2.33. The number of oxime groups is 1. The Balaban J connectivity index is 2.14. The van der Waals surface area contributed by atoms with E-state index in [1.54, 1.807) is 0 Å². The molecule has 0 bridgehead atoms. The average molecular weight is 378 g/mol. The minimum atomic E-state index is -0.395. The Morgan fingerprint density at radius 2 is 1.57 bits per heavy atom. The van der Waals surface area contributed by atoms with Crippen molar-refractivity contribution in [3.63, 3.8) is 0 Å². The van der Waals surface area contributed by atoms with Crippen molar-refractivity contribution in [1.29, 1.82) is 0 Å². The minimum absolute atomic E-state index is 0.0651. The first kappa shape index (κ1) is 20.3. The fraction of sp³-hybridized carbons (Fsp3) is 0.440. The van der Waals surface area contributed by atoms with E-state index < -0.39 is 5.97 Å². The van der Waals surface area contributed by atoms with Crippen molar-refractivity contribution < 1.29 is 9.63 Å². The second-order valence-electron chi connectivity index (χ2n) is 7.85. The smallest absolute Gasteiger partial charge is 0.318 e. The molecule has 0 aliphatic heterocycles. The highest BCUT2D eigenvalue weighted by molar-refractivity contribution is 6.00. The summed E-state index contributed by atoms with van der Waals surface area (Å²) in [6.45, 7) is 7.80. The first-order chi connectivity index (χ1) is 13.5. The van der Waals surface area contributed by atoms with Gasteiger partial charge in [0, 0.05) is 12.3 Å². The summed E-state index contributed by atoms with van der Waals surface area (Å²) in [6, 6.07) is 15.5. The quantitative estimate of drug-likeness (QED) is 0.294. The van der Waals surface area contributed by atoms with E-state index >= 15 is 0 Å². The monoisotopic (exact) mass is 377 g/mol. The van der Waals surface area contributed by atoms with E-state index in [0.717, 1.165) is 24.1 Å². The Labute approximate surface area is 168 Å². The van der Waals surface area contributed by atoms with Crippen molar-refractivity contribution in [3.05, 3.63) is 59.2 Å². The van der Waals surface area contributed by atoms with Crippen molar-refractivity contribution in [2.45, 2.75) is 71.6 Å². The van der Waals surface area contributed by atoms with E-state index in [9.17, 15) is 4.79 Å². The molecule has 3 rings (SSSR count). The number of fused-ring (bicyclic) bond motifs is 3. The first-order valence-corrected chi connectivity index (χ1v) is 10.5. The number of rotatable bonds is 8. The van der Waals surface area contributed by atoms with Gasteiger partial charge in [-0.2, -0.15) is 0 Å². The molecule has 148 valence electrons. The van der Waals surface area contributed by atoms with Crippen LogP contribution in [-0.4, -0.2) is 11.7 Å². The van der Waals surface area contributed by atoms with Crippen LogP contribution in [0.4, 0.5) is 0 Å². The van der Waals surface area contributed by atoms with Gasteiger partial charge in [0.15, 0.2) is 0 Å². The summed E-state index contributed by atoms with van der Waals surface area (Å²) in [5, 5.41) is 4.01. The van der Waals surface area contributed by atoms with Crippen LogP contribution in [0.1, 0.15) is 82.9 Å². The zero-order valence-electron chi connectivity index (χ0n) is 17.5. The lowest BCUT2D eigenvalue weighted by molar-refractivity contribution is -0.140. The number of unbranched alkanes of at least 4 members (excludes halogenated alkanes) is 2. The molecule has 3 heteroatoms. The molecule has 3 nitrogen and oxygen atoms in total. The van der Waals surface area contributed by atoms with Gasteiger partial charge in [0.25, 0.3) is 0 Å². The molecular weight excluding hydrogens is 346 g/mol. The highest BCUT2D eigenvalue weighted by atomic mass is 16.7. The Kier molecular flexibility index (Phi) is 6.33. The zero-order chi connectivity index (χ0) is 20.1. The highest BCUT2D eigenvalue weighted by Gasteiger charge is 2.42. The number of benzene rings is 2. The Morgan fingerprint density at radius 1 is 0.929 bits per heavy atom. The van der Waals surface area contributed by atoms with E-state index in [0.29, 0.717) is 0 Å². The van der Waals surface area contributed by atoms with Crippen LogP contribution in [0.3, 0.4) is 0 Å². The standard InChI is InChI=1S/C25H31NO2/c1-5-7-15-25(16-8-6-2)23-12-10-9-11-21(23)22-14-13-20(17-24(22)25)18(3)26-28-19(4)27/h9-14,17H,5-8,15-16H2,1-4H3. The van der Waals surface area contributed by atoms with Crippen molar-refractivity contribution in [1.82, 2.24) is 0 Å². The van der Waals surface area contributed by atoms with Gasteiger partial charge >= 0.3 is 5.97 Å². The summed E-state index contributed by atoms with van der Waals surface area (Å²) in [5.41, 5.74) is 7.40. The van der Waals surface area contributed by atoms with Crippen LogP contribution in [-0.2, 0) is 15.0 Å². The normalized spacial score (nSPS) is 14.5. The Hall–Kier alpha value is -2.42. The van der Waals surface area contributed by atoms with Gasteiger partial charge in [0.1, 0.15) is 0 Å². The van der Waals surface area contributed by atoms with Crippen LogP contribution >= 0.6 is 0 Å². The summed E-state index contributed by atoms with van der Waals surface area (Å²) < 4.78 is 0. The van der Waals surface area contributed by atoms with E-state index in [4.69, 9.17) is 4.84 Å². The largest absolute Gasteiger partial charge is 0.331 e. The summed E-state index contributed by atoms with van der Waals surface area (Å²) in [7, 11) is 0. The zero-order valence-corrected chi connectivity index (χ0v) is 17.5. The van der Waals surface area contributed by atoms with Crippen molar-refractivity contribution in [2.75, 3.05) is 0 Å². The molecule has 0 unspecified atom stereocenters. The fourth-order valence-electron chi connectivity index (χ4n) is 4.49. The van der Waals surface area contributed by atoms with Crippen LogP contribution < -0.4 is 0 Å². The summed E-state index contributed by atoms with van der Waals surface area (Å²) >= 11 is 0. The van der Waals surface area contributed by atoms with Gasteiger partial charge in [-0.15, -0.1) is 0 Å². The number of hydrogen-bond acceptors (Lipinski definition) is 3. The van der Waals surface area contributed by atoms with Gasteiger partial charge in [-0.25, -0.2) is 4.79 Å². The van der Waals surface area contributed by atoms with Gasteiger partial charge in [-0.05, 0) is 53.6 Å². The minimum Gasteiger partial charge on any atom is -0.318 e. The first-order valence-electron chi connectivity index (χ1n) is 10.5. The molecule has 0 N–H and O–H groups in total. The van der Waals surface area contributed by atoms with Gasteiger partial charge in [0.05, 0.1) is 5.71 Å². The van der Waals surface area contributed by atoms with E-state index in [-0.39, 0.29) is 5.41 Å². The van der Waals surface area contributed by atoms with E-state index in [1.165, 1.54) is 54.9 Å². The SMILES string of the molecule is CCCCC1(CCCC)c2ccccc2-c2ccc(C(C)=NOC(C)=O)cc21. The molecule has 1 aliphatic rings. The fourth-order valence-corrected chi connectivity index (χ4v) is 4.49. The summed E-state index contributed by atoms with van der Waals surface area (Å²) in [6.07, 6.45) is 7.13. The third kappa shape index (κ3) is 3.76. The third-order valence-corrected chi connectivity index (χ3v) is 5.91. The lowest BCUT2D eigenvalue weighted by atomic mass is 9.70. The van der Waals surface area contributed by atoms with E-state index in [2.05, 4.69) is 61.5 Å². The predicted molar refractivity (Wildman–Crippen MR) is 116 cm³/mol. The molecule has 2 aromatic carbocycles. The van der Waals surface area contributed by atoms with Crippen LogP contribution in [0.25, 0.3) is 11.1 Å². The Morgan fingerprint density at radius 3 is 2.21 bits per heavy atom. The molecule has 0 radical (unpaired) electrons. The van der Waals surface area contributed by atoms with Crippen molar-refractivity contribution in [3.8, 4) is 11.1 Å². The maximum Gasteiger partial charge on any atom is 0.331 e. The molecule has 0 saturated carbocycles. The second-order valence-corrected chi connectivity index (χ2v) is 7.85. The van der Waals surface area contributed by atoms with Crippen molar-refractivity contribution >= 4 is 11.7 Å². The molecule has 0 amide bonds. The van der Waals surface area contributed by atoms with Gasteiger partial charge in [0.2, 0.25) is 0 Å². The molecule has 0 atom stereocenters. The summed E-state index contributed by atoms with van der Waals surface area (Å²) in [4.78, 5) is 16.0. The molecule has 0 spiro atoms. The molecule has 2 aromatic rings. The van der Waals surface area contributed by atoms with Crippen molar-refractivity contribution in [2.24, 2.45) is 5.16 Å². The molecule has 1 aliphatic carbocycles. The van der Waals surface area contributed by atoms with Crippen LogP contribution in [0.5, 0.6) is 0 Å². The predicted octanol–water partition coefficient (Wildman–Crippen LogP) is 6.62. The highest BCUT2D eigenvalue weighted by Crippen LogP contribution is 2.54. The molecule has 28 heavy (non-hydrogen) atoms. The Bertz CT molecular complexity index is 874. The van der Waals surface area contributed by atoms with Gasteiger partial charge in [-0.3, -0.25) is 0 Å².